The number of hydrogen-bond donors (Lipinski definition) is 2. The van der Waals surface area contributed by atoms with Crippen LogP contribution >= 0.6 is 0 Å². The summed E-state index contributed by atoms with van der Waals surface area (Å²) in [6.07, 6.45) is 1.25. The zero-order chi connectivity index (χ0) is 22.2. The van der Waals surface area contributed by atoms with Gasteiger partial charge in [-0.15, -0.1) is 0 Å². The van der Waals surface area contributed by atoms with Crippen molar-refractivity contribution in [3.05, 3.63) is 29.8 Å². The van der Waals surface area contributed by atoms with Crippen LogP contribution < -0.4 is 15.4 Å². The van der Waals surface area contributed by atoms with Gasteiger partial charge in [0.2, 0.25) is 0 Å². The molecule has 170 valence electrons. The number of aliphatic imine (C=N–C) groups is 1. The summed E-state index contributed by atoms with van der Waals surface area (Å²) >= 11 is 0. The van der Waals surface area contributed by atoms with Gasteiger partial charge in [0.15, 0.2) is 15.8 Å². The molecule has 0 aromatic heterocycles. The summed E-state index contributed by atoms with van der Waals surface area (Å²) in [6, 6.07) is 8.23. The van der Waals surface area contributed by atoms with E-state index < -0.39 is 14.6 Å². The fourth-order valence-corrected chi connectivity index (χ4v) is 3.39. The number of nitrogens with zero attached hydrogens (tertiary/aromatic N) is 2. The van der Waals surface area contributed by atoms with Gasteiger partial charge >= 0.3 is 0 Å². The SMILES string of the molecule is CCNC(=NCC(C)(C)S(C)(=O)=O)NCC(c1ccc(OC)cc1)N1CCOCC1. The number of benzene rings is 1. The predicted octanol–water partition coefficient (Wildman–Crippen LogP) is 1.45. The third-order valence-corrected chi connectivity index (χ3v) is 7.55. The molecule has 1 aromatic rings. The Kier molecular flexibility index (Phi) is 8.93. The van der Waals surface area contributed by atoms with E-state index in [0.717, 1.165) is 18.8 Å². The monoisotopic (exact) mass is 440 g/mol. The molecular formula is C21H36N4O4S. The largest absolute Gasteiger partial charge is 0.497 e. The third kappa shape index (κ3) is 6.85. The van der Waals surface area contributed by atoms with Crippen molar-refractivity contribution in [2.75, 3.05) is 59.3 Å². The van der Waals surface area contributed by atoms with Gasteiger partial charge in [-0.05, 0) is 38.5 Å². The van der Waals surface area contributed by atoms with Crippen molar-refractivity contribution < 1.29 is 17.9 Å². The number of sulfone groups is 1. The van der Waals surface area contributed by atoms with Gasteiger partial charge in [0.1, 0.15) is 5.75 Å². The van der Waals surface area contributed by atoms with Gasteiger partial charge in [-0.1, -0.05) is 12.1 Å². The normalized spacial score (nSPS) is 17.4. The summed E-state index contributed by atoms with van der Waals surface area (Å²) in [5.74, 6) is 1.44. The molecule has 1 aromatic carbocycles. The molecule has 2 rings (SSSR count). The lowest BCUT2D eigenvalue weighted by Crippen LogP contribution is -2.47. The van der Waals surface area contributed by atoms with E-state index in [2.05, 4.69) is 32.7 Å². The molecule has 1 fully saturated rings. The standard InChI is InChI=1S/C21H36N4O4S/c1-6-22-20(24-16-21(2,3)30(5,26)27)23-15-19(25-11-13-29-14-12-25)17-7-9-18(28-4)10-8-17/h7-10,19H,6,11-16H2,1-5H3,(H2,22,23,24). The van der Waals surface area contributed by atoms with Crippen molar-refractivity contribution in [3.63, 3.8) is 0 Å². The Morgan fingerprint density at radius 1 is 1.23 bits per heavy atom. The second kappa shape index (κ2) is 11.0. The maximum atomic E-state index is 12.0. The first-order valence-corrected chi connectivity index (χ1v) is 12.2. The molecule has 0 spiro atoms. The molecule has 9 heteroatoms. The van der Waals surface area contributed by atoms with Gasteiger partial charge < -0.3 is 20.1 Å². The lowest BCUT2D eigenvalue weighted by Gasteiger charge is -2.35. The molecule has 1 saturated heterocycles. The highest BCUT2D eigenvalue weighted by molar-refractivity contribution is 7.92. The van der Waals surface area contributed by atoms with Gasteiger partial charge in [-0.25, -0.2) is 8.42 Å². The van der Waals surface area contributed by atoms with Crippen LogP contribution in [-0.2, 0) is 14.6 Å². The van der Waals surface area contributed by atoms with E-state index in [1.807, 2.05) is 19.1 Å². The van der Waals surface area contributed by atoms with E-state index in [4.69, 9.17) is 9.47 Å². The van der Waals surface area contributed by atoms with Gasteiger partial charge in [0, 0.05) is 32.4 Å². The number of hydrogen-bond acceptors (Lipinski definition) is 6. The van der Waals surface area contributed by atoms with Crippen molar-refractivity contribution in [2.24, 2.45) is 4.99 Å². The van der Waals surface area contributed by atoms with Gasteiger partial charge in [0.05, 0.1) is 37.7 Å². The molecule has 2 N–H and O–H groups in total. The molecule has 1 unspecified atom stereocenters. The molecule has 0 bridgehead atoms. The minimum absolute atomic E-state index is 0.131. The highest BCUT2D eigenvalue weighted by Gasteiger charge is 2.30. The van der Waals surface area contributed by atoms with E-state index in [1.54, 1.807) is 21.0 Å². The van der Waals surface area contributed by atoms with Crippen molar-refractivity contribution in [1.82, 2.24) is 15.5 Å². The van der Waals surface area contributed by atoms with E-state index in [0.29, 0.717) is 32.3 Å². The second-order valence-corrected chi connectivity index (χ2v) is 10.7. The first-order valence-electron chi connectivity index (χ1n) is 10.4. The zero-order valence-corrected chi connectivity index (χ0v) is 19.6. The lowest BCUT2D eigenvalue weighted by molar-refractivity contribution is 0.0170. The van der Waals surface area contributed by atoms with Crippen molar-refractivity contribution >= 4 is 15.8 Å². The molecular weight excluding hydrogens is 404 g/mol. The summed E-state index contributed by atoms with van der Waals surface area (Å²) < 4.78 is 33.9. The number of guanidine groups is 1. The molecule has 1 atom stereocenters. The van der Waals surface area contributed by atoms with Gasteiger partial charge in [0.25, 0.3) is 0 Å². The fraction of sp³-hybridized carbons (Fsp3) is 0.667. The Bertz CT molecular complexity index is 788. The molecule has 1 aliphatic heterocycles. The van der Waals surface area contributed by atoms with Crippen LogP contribution in [-0.4, -0.2) is 83.3 Å². The number of morpholine rings is 1. The quantitative estimate of drug-likeness (QED) is 0.443. The minimum Gasteiger partial charge on any atom is -0.497 e. The predicted molar refractivity (Wildman–Crippen MR) is 121 cm³/mol. The smallest absolute Gasteiger partial charge is 0.191 e. The summed E-state index contributed by atoms with van der Waals surface area (Å²) in [7, 11) is -1.55. The summed E-state index contributed by atoms with van der Waals surface area (Å²) in [4.78, 5) is 6.93. The zero-order valence-electron chi connectivity index (χ0n) is 18.8. The van der Waals surface area contributed by atoms with Crippen LogP contribution in [0.5, 0.6) is 5.75 Å². The first-order chi connectivity index (χ1) is 14.2. The van der Waals surface area contributed by atoms with Crippen LogP contribution in [0.3, 0.4) is 0 Å². The first kappa shape index (κ1) is 24.4. The molecule has 1 heterocycles. The van der Waals surface area contributed by atoms with Crippen molar-refractivity contribution in [3.8, 4) is 5.75 Å². The number of nitrogens with one attached hydrogen (secondary N) is 2. The van der Waals surface area contributed by atoms with E-state index in [-0.39, 0.29) is 12.6 Å². The average molecular weight is 441 g/mol. The van der Waals surface area contributed by atoms with E-state index >= 15 is 0 Å². The van der Waals surface area contributed by atoms with Gasteiger partial charge in [-0.2, -0.15) is 0 Å². The molecule has 0 saturated carbocycles. The van der Waals surface area contributed by atoms with Crippen molar-refractivity contribution in [1.29, 1.82) is 0 Å². The number of rotatable bonds is 9. The molecule has 1 aliphatic rings. The van der Waals surface area contributed by atoms with Gasteiger partial charge in [-0.3, -0.25) is 9.89 Å². The van der Waals surface area contributed by atoms with Crippen molar-refractivity contribution in [2.45, 2.75) is 31.6 Å². The topological polar surface area (TPSA) is 92.3 Å². The number of methoxy groups -OCH3 is 1. The minimum atomic E-state index is -3.21. The Morgan fingerprint density at radius 3 is 2.40 bits per heavy atom. The van der Waals surface area contributed by atoms with Crippen LogP contribution in [0.2, 0.25) is 0 Å². The third-order valence-electron chi connectivity index (χ3n) is 5.42. The Balaban J connectivity index is 2.16. The molecule has 8 nitrogen and oxygen atoms in total. The Labute approximate surface area is 181 Å². The molecule has 0 radical (unpaired) electrons. The summed E-state index contributed by atoms with van der Waals surface area (Å²) in [5, 5.41) is 6.62. The summed E-state index contributed by atoms with van der Waals surface area (Å²) in [6.45, 7) is 10.0. The van der Waals surface area contributed by atoms with E-state index in [9.17, 15) is 8.42 Å². The van der Waals surface area contributed by atoms with Crippen LogP contribution in [0.15, 0.2) is 29.3 Å². The molecule has 0 aliphatic carbocycles. The maximum Gasteiger partial charge on any atom is 0.191 e. The highest BCUT2D eigenvalue weighted by Crippen LogP contribution is 2.23. The second-order valence-electron chi connectivity index (χ2n) is 8.05. The van der Waals surface area contributed by atoms with Crippen LogP contribution in [0.4, 0.5) is 0 Å². The Morgan fingerprint density at radius 2 is 1.87 bits per heavy atom. The molecule has 30 heavy (non-hydrogen) atoms. The number of ether oxygens (including phenoxy) is 2. The van der Waals surface area contributed by atoms with Crippen LogP contribution in [0.1, 0.15) is 32.4 Å². The lowest BCUT2D eigenvalue weighted by atomic mass is 10.0. The average Bonchev–Trinajstić information content (AvgIpc) is 2.72. The summed E-state index contributed by atoms with van der Waals surface area (Å²) in [5.41, 5.74) is 1.18. The Hall–Kier alpha value is -1.84. The van der Waals surface area contributed by atoms with Crippen LogP contribution in [0.25, 0.3) is 0 Å². The fourth-order valence-electron chi connectivity index (χ4n) is 3.09. The maximum absolute atomic E-state index is 12.0. The molecule has 0 amide bonds. The van der Waals surface area contributed by atoms with E-state index in [1.165, 1.54) is 11.8 Å². The highest BCUT2D eigenvalue weighted by atomic mass is 32.2. The van der Waals surface area contributed by atoms with Crippen LogP contribution in [0, 0.1) is 0 Å².